The van der Waals surface area contributed by atoms with Gasteiger partial charge >= 0.3 is 5.97 Å². The number of carbonyl (C=O) groups is 2. The van der Waals surface area contributed by atoms with E-state index in [9.17, 15) is 9.59 Å². The first-order chi connectivity index (χ1) is 7.99. The van der Waals surface area contributed by atoms with Crippen LogP contribution in [0.25, 0.3) is 0 Å². The molecule has 4 nitrogen and oxygen atoms in total. The normalized spacial score (nSPS) is 22.2. The highest BCUT2D eigenvalue weighted by Gasteiger charge is 2.49. The lowest BCUT2D eigenvalue weighted by Crippen LogP contribution is -2.28. The third kappa shape index (κ3) is 2.87. The summed E-state index contributed by atoms with van der Waals surface area (Å²) in [5, 5.41) is 8.77. The number of carbonyl (C=O) groups excluding carboxylic acids is 1. The van der Waals surface area contributed by atoms with Crippen molar-refractivity contribution >= 4 is 39.1 Å². The van der Waals surface area contributed by atoms with Crippen LogP contribution in [-0.2, 0) is 16.1 Å². The van der Waals surface area contributed by atoms with Gasteiger partial charge in [0.05, 0.1) is 22.2 Å². The Morgan fingerprint density at radius 2 is 2.24 bits per heavy atom. The Labute approximate surface area is 111 Å². The molecule has 1 aromatic rings. The molecular formula is C11H12BrNO3S. The van der Waals surface area contributed by atoms with Crippen molar-refractivity contribution in [1.82, 2.24) is 4.90 Å². The van der Waals surface area contributed by atoms with Crippen LogP contribution >= 0.6 is 27.3 Å². The van der Waals surface area contributed by atoms with Gasteiger partial charge in [0.25, 0.3) is 0 Å². The van der Waals surface area contributed by atoms with Gasteiger partial charge in [-0.15, -0.1) is 11.3 Å². The number of thiophene rings is 1. The lowest BCUT2D eigenvalue weighted by Gasteiger charge is -2.15. The first-order valence-corrected chi connectivity index (χ1v) is 6.82. The standard InChI is InChI=1S/C11H12BrNO3S/c1-13(5-6-2-3-9(12)17-6)10(14)7-4-8(7)11(15)16/h2-3,7-8H,4-5H2,1H3,(H,15,16)/t7-,8-/m1/s1. The van der Waals surface area contributed by atoms with E-state index >= 15 is 0 Å². The molecule has 1 N–H and O–H groups in total. The Morgan fingerprint density at radius 1 is 1.53 bits per heavy atom. The van der Waals surface area contributed by atoms with Gasteiger partial charge in [-0.25, -0.2) is 0 Å². The molecule has 2 rings (SSSR count). The number of hydrogen-bond acceptors (Lipinski definition) is 3. The minimum atomic E-state index is -0.865. The average molecular weight is 318 g/mol. The molecular weight excluding hydrogens is 306 g/mol. The number of amides is 1. The second-order valence-electron chi connectivity index (χ2n) is 4.19. The van der Waals surface area contributed by atoms with Crippen LogP contribution in [0.4, 0.5) is 0 Å². The van der Waals surface area contributed by atoms with Crippen molar-refractivity contribution in [3.63, 3.8) is 0 Å². The van der Waals surface area contributed by atoms with Gasteiger partial charge in [0.2, 0.25) is 5.91 Å². The van der Waals surface area contributed by atoms with Gasteiger partial charge in [0.15, 0.2) is 0 Å². The number of nitrogens with zero attached hydrogens (tertiary/aromatic N) is 1. The molecule has 0 radical (unpaired) electrons. The molecule has 17 heavy (non-hydrogen) atoms. The second-order valence-corrected chi connectivity index (χ2v) is 6.73. The summed E-state index contributed by atoms with van der Waals surface area (Å²) < 4.78 is 1.03. The molecule has 1 heterocycles. The van der Waals surface area contributed by atoms with E-state index in [4.69, 9.17) is 5.11 Å². The van der Waals surface area contributed by atoms with E-state index in [2.05, 4.69) is 15.9 Å². The maximum atomic E-state index is 11.9. The van der Waals surface area contributed by atoms with Gasteiger partial charge < -0.3 is 10.0 Å². The van der Waals surface area contributed by atoms with E-state index < -0.39 is 11.9 Å². The maximum absolute atomic E-state index is 11.9. The van der Waals surface area contributed by atoms with Gasteiger partial charge in [-0.3, -0.25) is 9.59 Å². The highest BCUT2D eigenvalue weighted by atomic mass is 79.9. The topological polar surface area (TPSA) is 57.6 Å². The fraction of sp³-hybridized carbons (Fsp3) is 0.455. The Bertz CT molecular complexity index is 459. The summed E-state index contributed by atoms with van der Waals surface area (Å²) in [6.07, 6.45) is 0.479. The van der Waals surface area contributed by atoms with E-state index in [1.807, 2.05) is 12.1 Å². The molecule has 92 valence electrons. The van der Waals surface area contributed by atoms with Gasteiger partial charge in [0.1, 0.15) is 0 Å². The largest absolute Gasteiger partial charge is 0.481 e. The molecule has 1 aromatic heterocycles. The minimum absolute atomic E-state index is 0.0677. The zero-order valence-corrected chi connectivity index (χ0v) is 11.6. The number of carboxylic acids is 1. The van der Waals surface area contributed by atoms with E-state index in [-0.39, 0.29) is 11.8 Å². The van der Waals surface area contributed by atoms with Crippen LogP contribution in [0, 0.1) is 11.8 Å². The predicted octanol–water partition coefficient (Wildman–Crippen LogP) is 2.19. The molecule has 1 aliphatic rings. The summed E-state index contributed by atoms with van der Waals surface area (Å²) in [5.41, 5.74) is 0. The summed E-state index contributed by atoms with van der Waals surface area (Å²) in [6, 6.07) is 3.90. The SMILES string of the molecule is CN(Cc1ccc(Br)s1)C(=O)[C@@H]1C[C@H]1C(=O)O. The Morgan fingerprint density at radius 3 is 2.71 bits per heavy atom. The van der Waals surface area contributed by atoms with Crippen molar-refractivity contribution < 1.29 is 14.7 Å². The maximum Gasteiger partial charge on any atom is 0.307 e. The van der Waals surface area contributed by atoms with Gasteiger partial charge in [-0.1, -0.05) is 0 Å². The van der Waals surface area contributed by atoms with Crippen molar-refractivity contribution in [3.8, 4) is 0 Å². The molecule has 0 unspecified atom stereocenters. The minimum Gasteiger partial charge on any atom is -0.481 e. The molecule has 1 fully saturated rings. The molecule has 6 heteroatoms. The number of hydrogen-bond donors (Lipinski definition) is 1. The number of rotatable bonds is 4. The van der Waals surface area contributed by atoms with E-state index in [1.54, 1.807) is 23.3 Å². The van der Waals surface area contributed by atoms with Crippen LogP contribution in [0.2, 0.25) is 0 Å². The summed E-state index contributed by atoms with van der Waals surface area (Å²) in [6.45, 7) is 0.540. The Hall–Kier alpha value is -0.880. The lowest BCUT2D eigenvalue weighted by molar-refractivity contribution is -0.141. The molecule has 0 aliphatic heterocycles. The lowest BCUT2D eigenvalue weighted by atomic mass is 10.3. The van der Waals surface area contributed by atoms with Gasteiger partial charge in [-0.2, -0.15) is 0 Å². The fourth-order valence-corrected chi connectivity index (χ4v) is 3.31. The second kappa shape index (κ2) is 4.78. The smallest absolute Gasteiger partial charge is 0.307 e. The van der Waals surface area contributed by atoms with Crippen molar-refractivity contribution in [1.29, 1.82) is 0 Å². The van der Waals surface area contributed by atoms with Crippen LogP contribution < -0.4 is 0 Å². The predicted molar refractivity (Wildman–Crippen MR) is 67.7 cm³/mol. The van der Waals surface area contributed by atoms with Gasteiger partial charge in [-0.05, 0) is 34.5 Å². The molecule has 0 saturated heterocycles. The Kier molecular flexibility index (Phi) is 3.53. The van der Waals surface area contributed by atoms with Crippen molar-refractivity contribution in [2.75, 3.05) is 7.05 Å². The van der Waals surface area contributed by atoms with E-state index in [0.717, 1.165) is 8.66 Å². The van der Waals surface area contributed by atoms with Gasteiger partial charge in [0, 0.05) is 11.9 Å². The molecule has 0 aromatic carbocycles. The zero-order valence-electron chi connectivity index (χ0n) is 9.22. The Balaban J connectivity index is 1.91. The molecule has 0 bridgehead atoms. The number of carboxylic acid groups (broad SMARTS) is 1. The highest BCUT2D eigenvalue weighted by Crippen LogP contribution is 2.40. The molecule has 0 spiro atoms. The molecule has 2 atom stereocenters. The third-order valence-electron chi connectivity index (χ3n) is 2.82. The van der Waals surface area contributed by atoms with Crippen molar-refractivity contribution in [3.05, 3.63) is 20.8 Å². The van der Waals surface area contributed by atoms with Crippen LogP contribution in [0.15, 0.2) is 15.9 Å². The summed E-state index contributed by atoms with van der Waals surface area (Å²) in [4.78, 5) is 25.3. The van der Waals surface area contributed by atoms with Crippen LogP contribution in [0.1, 0.15) is 11.3 Å². The summed E-state index contributed by atoms with van der Waals surface area (Å²) in [5.74, 6) is -1.72. The van der Waals surface area contributed by atoms with E-state index in [0.29, 0.717) is 13.0 Å². The van der Waals surface area contributed by atoms with E-state index in [1.165, 1.54) is 0 Å². The number of halogens is 1. The third-order valence-corrected chi connectivity index (χ3v) is 4.43. The monoisotopic (exact) mass is 317 g/mol. The van der Waals surface area contributed by atoms with Crippen LogP contribution in [-0.4, -0.2) is 28.9 Å². The highest BCUT2D eigenvalue weighted by molar-refractivity contribution is 9.11. The van der Waals surface area contributed by atoms with Crippen molar-refractivity contribution in [2.45, 2.75) is 13.0 Å². The molecule has 1 saturated carbocycles. The fourth-order valence-electron chi connectivity index (χ4n) is 1.77. The van der Waals surface area contributed by atoms with Crippen molar-refractivity contribution in [2.24, 2.45) is 11.8 Å². The first-order valence-electron chi connectivity index (χ1n) is 5.21. The average Bonchev–Trinajstić information content (AvgIpc) is 2.96. The zero-order chi connectivity index (χ0) is 12.6. The molecule has 1 aliphatic carbocycles. The first kappa shape index (κ1) is 12.6. The number of aliphatic carboxylic acids is 1. The summed E-state index contributed by atoms with van der Waals surface area (Å²) in [7, 11) is 1.72. The quantitative estimate of drug-likeness (QED) is 0.926. The summed E-state index contributed by atoms with van der Waals surface area (Å²) >= 11 is 4.95. The van der Waals surface area contributed by atoms with Crippen LogP contribution in [0.5, 0.6) is 0 Å². The van der Waals surface area contributed by atoms with Crippen LogP contribution in [0.3, 0.4) is 0 Å². The molecule has 1 amide bonds.